The zero-order valence-corrected chi connectivity index (χ0v) is 13.5. The molecule has 0 unspecified atom stereocenters. The third-order valence-electron chi connectivity index (χ3n) is 4.19. The molecule has 0 spiro atoms. The van der Waals surface area contributed by atoms with E-state index in [1.54, 1.807) is 0 Å². The minimum atomic E-state index is 0.487. The van der Waals surface area contributed by atoms with Gasteiger partial charge < -0.3 is 30.2 Å². The molecule has 0 saturated carbocycles. The highest BCUT2D eigenvalue weighted by molar-refractivity contribution is 5.55. The fourth-order valence-electron chi connectivity index (χ4n) is 2.91. The molecule has 3 N–H and O–H groups in total. The van der Waals surface area contributed by atoms with Crippen LogP contribution in [0.3, 0.4) is 0 Å². The fraction of sp³-hybridized carbons (Fsp3) is 0.688. The van der Waals surface area contributed by atoms with E-state index < -0.39 is 0 Å². The Bertz CT molecular complexity index is 488. The predicted molar refractivity (Wildman–Crippen MR) is 89.0 cm³/mol. The Labute approximate surface area is 137 Å². The van der Waals surface area contributed by atoms with Crippen molar-refractivity contribution in [1.29, 1.82) is 0 Å². The number of anilines is 2. The quantitative estimate of drug-likeness (QED) is 0.744. The molecule has 2 aliphatic heterocycles. The molecule has 0 bridgehead atoms. The van der Waals surface area contributed by atoms with E-state index in [4.69, 9.17) is 19.9 Å². The number of rotatable bonds is 6. The first kappa shape index (κ1) is 16.3. The predicted octanol–water partition coefficient (Wildman–Crippen LogP) is 0.648. The number of pyridine rings is 1. The number of ether oxygens (including phenoxy) is 3. The van der Waals surface area contributed by atoms with Crippen LogP contribution in [0, 0.1) is 0 Å². The lowest BCUT2D eigenvalue weighted by atomic mass is 10.1. The number of morpholine rings is 1. The molecule has 0 atom stereocenters. The van der Waals surface area contributed by atoms with Crippen molar-refractivity contribution in [2.75, 3.05) is 63.3 Å². The van der Waals surface area contributed by atoms with Crippen LogP contribution in [-0.4, -0.2) is 63.7 Å². The number of hydrogen-bond acceptors (Lipinski definition) is 7. The number of aromatic nitrogens is 1. The summed E-state index contributed by atoms with van der Waals surface area (Å²) in [7, 11) is 0. The van der Waals surface area contributed by atoms with Crippen LogP contribution in [0.15, 0.2) is 12.1 Å². The van der Waals surface area contributed by atoms with E-state index >= 15 is 0 Å². The first-order chi connectivity index (χ1) is 11.3. The molecule has 1 aromatic rings. The average molecular weight is 322 g/mol. The average Bonchev–Trinajstić information content (AvgIpc) is 2.60. The van der Waals surface area contributed by atoms with Crippen molar-refractivity contribution >= 4 is 11.5 Å². The number of nitrogens with two attached hydrogens (primary N) is 1. The van der Waals surface area contributed by atoms with E-state index in [1.165, 1.54) is 0 Å². The van der Waals surface area contributed by atoms with E-state index in [0.717, 1.165) is 64.6 Å². The highest BCUT2D eigenvalue weighted by Gasteiger charge is 2.14. The summed E-state index contributed by atoms with van der Waals surface area (Å²) in [6.45, 7) is 6.30. The Hall–Kier alpha value is -1.57. The lowest BCUT2D eigenvalue weighted by Gasteiger charge is -2.29. The Morgan fingerprint density at radius 2 is 1.91 bits per heavy atom. The molecule has 128 valence electrons. The Morgan fingerprint density at radius 1 is 1.17 bits per heavy atom. The van der Waals surface area contributed by atoms with Gasteiger partial charge in [-0.3, -0.25) is 0 Å². The lowest BCUT2D eigenvalue weighted by molar-refractivity contribution is 0.0770. The first-order valence-corrected chi connectivity index (χ1v) is 8.35. The number of nitrogens with one attached hydrogen (secondary N) is 1. The SMILES string of the molecule is Nc1cc(N2CCOCC2)cc(OCCNC2CCOCC2)n1. The molecule has 1 aromatic heterocycles. The molecule has 2 saturated heterocycles. The second-order valence-electron chi connectivity index (χ2n) is 5.88. The van der Waals surface area contributed by atoms with Crippen molar-refractivity contribution in [2.24, 2.45) is 0 Å². The molecule has 0 radical (unpaired) electrons. The van der Waals surface area contributed by atoms with Gasteiger partial charge in [0.25, 0.3) is 0 Å². The highest BCUT2D eigenvalue weighted by Crippen LogP contribution is 2.23. The maximum absolute atomic E-state index is 5.91. The third-order valence-corrected chi connectivity index (χ3v) is 4.19. The second-order valence-corrected chi connectivity index (χ2v) is 5.88. The largest absolute Gasteiger partial charge is 0.476 e. The zero-order valence-electron chi connectivity index (χ0n) is 13.5. The van der Waals surface area contributed by atoms with Gasteiger partial charge in [0, 0.05) is 56.7 Å². The highest BCUT2D eigenvalue weighted by atomic mass is 16.5. The van der Waals surface area contributed by atoms with E-state index in [2.05, 4.69) is 15.2 Å². The van der Waals surface area contributed by atoms with E-state index in [0.29, 0.717) is 24.3 Å². The molecule has 3 rings (SSSR count). The first-order valence-electron chi connectivity index (χ1n) is 8.35. The second kappa shape index (κ2) is 8.33. The molecular formula is C16H26N4O3. The molecular weight excluding hydrogens is 296 g/mol. The lowest BCUT2D eigenvalue weighted by Crippen LogP contribution is -2.37. The van der Waals surface area contributed by atoms with Gasteiger partial charge in [-0.25, -0.2) is 0 Å². The van der Waals surface area contributed by atoms with Crippen LogP contribution in [0.4, 0.5) is 11.5 Å². The molecule has 2 fully saturated rings. The molecule has 23 heavy (non-hydrogen) atoms. The van der Waals surface area contributed by atoms with E-state index in [1.807, 2.05) is 12.1 Å². The van der Waals surface area contributed by atoms with Crippen LogP contribution < -0.4 is 20.7 Å². The van der Waals surface area contributed by atoms with Crippen LogP contribution in [0.25, 0.3) is 0 Å². The van der Waals surface area contributed by atoms with Gasteiger partial charge in [0.15, 0.2) is 0 Å². The normalized spacial score (nSPS) is 19.7. The van der Waals surface area contributed by atoms with Crippen molar-refractivity contribution < 1.29 is 14.2 Å². The van der Waals surface area contributed by atoms with Gasteiger partial charge in [-0.15, -0.1) is 0 Å². The van der Waals surface area contributed by atoms with Crippen LogP contribution in [0.5, 0.6) is 5.88 Å². The van der Waals surface area contributed by atoms with Gasteiger partial charge in [-0.05, 0) is 12.8 Å². The van der Waals surface area contributed by atoms with Crippen LogP contribution in [-0.2, 0) is 9.47 Å². The molecule has 2 aliphatic rings. The van der Waals surface area contributed by atoms with Crippen LogP contribution in [0.2, 0.25) is 0 Å². The summed E-state index contributed by atoms with van der Waals surface area (Å²) < 4.78 is 16.5. The molecule has 0 aromatic carbocycles. The van der Waals surface area contributed by atoms with Gasteiger partial charge >= 0.3 is 0 Å². The summed E-state index contributed by atoms with van der Waals surface area (Å²) in [5, 5.41) is 3.49. The molecule has 3 heterocycles. The van der Waals surface area contributed by atoms with Crippen molar-refractivity contribution in [2.45, 2.75) is 18.9 Å². The standard InChI is InChI=1S/C16H26N4O3/c17-15-11-14(20-4-9-22-10-5-20)12-16(19-15)23-8-3-18-13-1-6-21-7-2-13/h11-13,18H,1-10H2,(H2,17,19). The minimum Gasteiger partial charge on any atom is -0.476 e. The van der Waals surface area contributed by atoms with Crippen molar-refractivity contribution in [3.05, 3.63) is 12.1 Å². The summed E-state index contributed by atoms with van der Waals surface area (Å²) in [5.41, 5.74) is 6.96. The molecule has 0 amide bonds. The Balaban J connectivity index is 1.48. The maximum Gasteiger partial charge on any atom is 0.217 e. The van der Waals surface area contributed by atoms with Gasteiger partial charge in [0.1, 0.15) is 12.4 Å². The number of nitrogen functional groups attached to an aromatic ring is 1. The topological polar surface area (TPSA) is 81.9 Å². The van der Waals surface area contributed by atoms with Crippen molar-refractivity contribution in [3.63, 3.8) is 0 Å². The van der Waals surface area contributed by atoms with Gasteiger partial charge in [0.05, 0.1) is 13.2 Å². The molecule has 7 nitrogen and oxygen atoms in total. The monoisotopic (exact) mass is 322 g/mol. The third kappa shape index (κ3) is 4.95. The van der Waals surface area contributed by atoms with Gasteiger partial charge in [0.2, 0.25) is 5.88 Å². The summed E-state index contributed by atoms with van der Waals surface area (Å²) in [5.74, 6) is 1.07. The van der Waals surface area contributed by atoms with Crippen LogP contribution in [0.1, 0.15) is 12.8 Å². The van der Waals surface area contributed by atoms with Gasteiger partial charge in [-0.2, -0.15) is 4.98 Å². The van der Waals surface area contributed by atoms with Crippen molar-refractivity contribution in [1.82, 2.24) is 10.3 Å². The zero-order chi connectivity index (χ0) is 15.9. The Kier molecular flexibility index (Phi) is 5.90. The van der Waals surface area contributed by atoms with E-state index in [-0.39, 0.29) is 0 Å². The van der Waals surface area contributed by atoms with E-state index in [9.17, 15) is 0 Å². The minimum absolute atomic E-state index is 0.487. The fourth-order valence-corrected chi connectivity index (χ4v) is 2.91. The summed E-state index contributed by atoms with van der Waals surface area (Å²) in [6, 6.07) is 4.37. The maximum atomic E-state index is 5.91. The molecule has 7 heteroatoms. The molecule has 0 aliphatic carbocycles. The smallest absolute Gasteiger partial charge is 0.217 e. The van der Waals surface area contributed by atoms with Crippen molar-refractivity contribution in [3.8, 4) is 5.88 Å². The summed E-state index contributed by atoms with van der Waals surface area (Å²) in [6.07, 6.45) is 2.13. The van der Waals surface area contributed by atoms with Gasteiger partial charge in [-0.1, -0.05) is 0 Å². The summed E-state index contributed by atoms with van der Waals surface area (Å²) in [4.78, 5) is 6.51. The van der Waals surface area contributed by atoms with Crippen LogP contribution >= 0.6 is 0 Å². The summed E-state index contributed by atoms with van der Waals surface area (Å²) >= 11 is 0. The number of hydrogen-bond donors (Lipinski definition) is 2. The number of nitrogens with zero attached hydrogens (tertiary/aromatic N) is 2. The Morgan fingerprint density at radius 3 is 2.70 bits per heavy atom.